The van der Waals surface area contributed by atoms with Crippen molar-refractivity contribution >= 4 is 82.1 Å². The molecule has 0 aliphatic carbocycles. The highest BCUT2D eigenvalue weighted by Crippen LogP contribution is 2.46. The molecule has 11 rings (SSSR count). The molecule has 2 nitrogen and oxygen atoms in total. The number of fused-ring (bicyclic) bond motifs is 8. The van der Waals surface area contributed by atoms with E-state index in [9.17, 15) is 0 Å². The quantitative estimate of drug-likeness (QED) is 0.168. The van der Waals surface area contributed by atoms with Crippen molar-refractivity contribution in [1.82, 2.24) is 0 Å². The number of para-hydroxylation sites is 2. The fourth-order valence-electron chi connectivity index (χ4n) is 8.31. The summed E-state index contributed by atoms with van der Waals surface area (Å²) in [6.07, 6.45) is 0. The summed E-state index contributed by atoms with van der Waals surface area (Å²) in [5, 5.41) is 12.1. The van der Waals surface area contributed by atoms with Crippen molar-refractivity contribution in [1.29, 1.82) is 0 Å². The predicted octanol–water partition coefficient (Wildman–Crippen LogP) is 15.0. The van der Waals surface area contributed by atoms with Crippen LogP contribution in [-0.4, -0.2) is 0 Å². The van der Waals surface area contributed by atoms with Gasteiger partial charge in [0.05, 0.1) is 11.4 Å². The second kappa shape index (κ2) is 12.2. The molecule has 0 radical (unpaired) electrons. The van der Waals surface area contributed by atoms with Gasteiger partial charge in [0.25, 0.3) is 0 Å². The van der Waals surface area contributed by atoms with Gasteiger partial charge in [0.2, 0.25) is 0 Å². The fraction of sp³-hybridized carbons (Fsp3) is 0. The summed E-state index contributed by atoms with van der Waals surface area (Å²) in [4.78, 5) is 2.37. The highest BCUT2D eigenvalue weighted by molar-refractivity contribution is 6.16. The molecule has 10 aromatic carbocycles. The molecule has 0 bridgehead atoms. The van der Waals surface area contributed by atoms with E-state index >= 15 is 0 Å². The SMILES string of the molecule is c1ccc2cc(-c3ccc4cc(-c5ccc(N(c6cc7ccccc7c7ccccc67)c6cccc7c6oc6ccccc67)cc5)ccc4c3)ccc2c1. The van der Waals surface area contributed by atoms with Gasteiger partial charge in [-0.3, -0.25) is 0 Å². The second-order valence-electron chi connectivity index (χ2n) is 14.1. The van der Waals surface area contributed by atoms with Crippen molar-refractivity contribution in [2.75, 3.05) is 4.90 Å². The topological polar surface area (TPSA) is 16.4 Å². The molecule has 54 heavy (non-hydrogen) atoms. The summed E-state index contributed by atoms with van der Waals surface area (Å²) in [5.41, 5.74) is 9.76. The Kier molecular flexibility index (Phi) is 6.90. The third-order valence-corrected chi connectivity index (χ3v) is 11.0. The van der Waals surface area contributed by atoms with E-state index in [1.165, 1.54) is 65.3 Å². The molecule has 1 heterocycles. The summed E-state index contributed by atoms with van der Waals surface area (Å²) >= 11 is 0. The van der Waals surface area contributed by atoms with Gasteiger partial charge in [-0.05, 0) is 108 Å². The van der Waals surface area contributed by atoms with E-state index < -0.39 is 0 Å². The molecule has 0 aliphatic rings. The lowest BCUT2D eigenvalue weighted by Crippen LogP contribution is -2.11. The van der Waals surface area contributed by atoms with Crippen molar-refractivity contribution in [2.24, 2.45) is 0 Å². The largest absolute Gasteiger partial charge is 0.454 e. The first-order chi connectivity index (χ1) is 26.7. The van der Waals surface area contributed by atoms with Crippen molar-refractivity contribution < 1.29 is 4.42 Å². The number of hydrogen-bond acceptors (Lipinski definition) is 2. The normalized spacial score (nSPS) is 11.7. The van der Waals surface area contributed by atoms with Crippen LogP contribution >= 0.6 is 0 Å². The van der Waals surface area contributed by atoms with Crippen LogP contribution in [0, 0.1) is 0 Å². The Morgan fingerprint density at radius 1 is 0.296 bits per heavy atom. The van der Waals surface area contributed by atoms with Gasteiger partial charge in [-0.2, -0.15) is 0 Å². The molecule has 0 fully saturated rings. The average molecular weight is 688 g/mol. The highest BCUT2D eigenvalue weighted by Gasteiger charge is 2.22. The lowest BCUT2D eigenvalue weighted by atomic mass is 9.96. The van der Waals surface area contributed by atoms with E-state index in [1.54, 1.807) is 0 Å². The number of furan rings is 1. The van der Waals surface area contributed by atoms with Gasteiger partial charge in [-0.25, -0.2) is 0 Å². The zero-order valence-electron chi connectivity index (χ0n) is 29.4. The third kappa shape index (κ3) is 4.96. The molecule has 11 aromatic rings. The maximum Gasteiger partial charge on any atom is 0.159 e. The Labute approximate surface area is 312 Å². The molecule has 252 valence electrons. The lowest BCUT2D eigenvalue weighted by molar-refractivity contribution is 0.669. The zero-order chi connectivity index (χ0) is 35.6. The van der Waals surface area contributed by atoms with Gasteiger partial charge >= 0.3 is 0 Å². The van der Waals surface area contributed by atoms with Crippen molar-refractivity contribution in [3.8, 4) is 22.3 Å². The average Bonchev–Trinajstić information content (AvgIpc) is 3.63. The summed E-state index contributed by atoms with van der Waals surface area (Å²) < 4.78 is 6.65. The Morgan fingerprint density at radius 3 is 1.56 bits per heavy atom. The van der Waals surface area contributed by atoms with E-state index in [0.29, 0.717) is 0 Å². The Morgan fingerprint density at radius 2 is 0.815 bits per heavy atom. The number of anilines is 3. The molecule has 0 saturated heterocycles. The minimum Gasteiger partial charge on any atom is -0.454 e. The third-order valence-electron chi connectivity index (χ3n) is 11.0. The summed E-state index contributed by atoms with van der Waals surface area (Å²) in [7, 11) is 0. The van der Waals surface area contributed by atoms with Crippen LogP contribution in [0.25, 0.3) is 87.3 Å². The molecule has 0 spiro atoms. The predicted molar refractivity (Wildman–Crippen MR) is 229 cm³/mol. The van der Waals surface area contributed by atoms with E-state index in [0.717, 1.165) is 39.0 Å². The van der Waals surface area contributed by atoms with Gasteiger partial charge in [-0.15, -0.1) is 0 Å². The maximum absolute atomic E-state index is 6.65. The molecule has 2 heteroatoms. The van der Waals surface area contributed by atoms with Gasteiger partial charge < -0.3 is 9.32 Å². The van der Waals surface area contributed by atoms with Crippen molar-refractivity contribution in [3.63, 3.8) is 0 Å². The monoisotopic (exact) mass is 687 g/mol. The van der Waals surface area contributed by atoms with Crippen LogP contribution < -0.4 is 4.90 Å². The van der Waals surface area contributed by atoms with Crippen molar-refractivity contribution in [2.45, 2.75) is 0 Å². The number of benzene rings is 10. The Bertz CT molecular complexity index is 3230. The number of rotatable bonds is 5. The fourth-order valence-corrected chi connectivity index (χ4v) is 8.31. The molecule has 0 N–H and O–H groups in total. The molecule has 0 unspecified atom stereocenters. The molecule has 0 amide bonds. The number of nitrogens with zero attached hydrogens (tertiary/aromatic N) is 1. The Balaban J connectivity index is 1.03. The second-order valence-corrected chi connectivity index (χ2v) is 14.1. The summed E-state index contributed by atoms with van der Waals surface area (Å²) in [6, 6.07) is 72.3. The minimum absolute atomic E-state index is 0.873. The zero-order valence-corrected chi connectivity index (χ0v) is 29.4. The Hall–Kier alpha value is -7.16. The molecule has 1 aromatic heterocycles. The first-order valence-electron chi connectivity index (χ1n) is 18.5. The standard InChI is InChI=1S/C52H33NO/c1-2-11-36-30-38(21-20-34(36)10-1)41-25-24-39-31-37(22-23-40(39)32-41)35-26-28-43(29-27-35)53(49-18-9-17-48-47-16-7-8-19-51(47)54-52(48)49)50-33-42-12-3-4-13-44(42)45-14-5-6-15-46(45)50/h1-33H. The van der Waals surface area contributed by atoms with E-state index in [2.05, 4.69) is 199 Å². The van der Waals surface area contributed by atoms with Crippen LogP contribution in [0.2, 0.25) is 0 Å². The van der Waals surface area contributed by atoms with Gasteiger partial charge in [0.1, 0.15) is 5.58 Å². The molecule has 0 atom stereocenters. The summed E-state index contributed by atoms with van der Waals surface area (Å²) in [5.74, 6) is 0. The lowest BCUT2D eigenvalue weighted by Gasteiger charge is -2.27. The smallest absolute Gasteiger partial charge is 0.159 e. The van der Waals surface area contributed by atoms with Crippen molar-refractivity contribution in [3.05, 3.63) is 200 Å². The highest BCUT2D eigenvalue weighted by atomic mass is 16.3. The molecule has 0 aliphatic heterocycles. The van der Waals surface area contributed by atoms with Crippen LogP contribution in [-0.2, 0) is 0 Å². The minimum atomic E-state index is 0.873. The molecule has 0 saturated carbocycles. The van der Waals surface area contributed by atoms with Crippen LogP contribution in [0.4, 0.5) is 17.1 Å². The maximum atomic E-state index is 6.65. The number of hydrogen-bond donors (Lipinski definition) is 0. The van der Waals surface area contributed by atoms with Crippen LogP contribution in [0.5, 0.6) is 0 Å². The van der Waals surface area contributed by atoms with Crippen LogP contribution in [0.15, 0.2) is 205 Å². The first-order valence-corrected chi connectivity index (χ1v) is 18.5. The van der Waals surface area contributed by atoms with E-state index in [1.807, 2.05) is 6.07 Å². The van der Waals surface area contributed by atoms with Gasteiger partial charge in [0, 0.05) is 21.8 Å². The van der Waals surface area contributed by atoms with Crippen LogP contribution in [0.3, 0.4) is 0 Å². The van der Waals surface area contributed by atoms with E-state index in [-0.39, 0.29) is 0 Å². The summed E-state index contributed by atoms with van der Waals surface area (Å²) in [6.45, 7) is 0. The first kappa shape index (κ1) is 30.5. The molecular weight excluding hydrogens is 655 g/mol. The van der Waals surface area contributed by atoms with E-state index in [4.69, 9.17) is 4.42 Å². The van der Waals surface area contributed by atoms with Crippen LogP contribution in [0.1, 0.15) is 0 Å². The van der Waals surface area contributed by atoms with Gasteiger partial charge in [0.15, 0.2) is 5.58 Å². The molecular formula is C52H33NO. The van der Waals surface area contributed by atoms with Gasteiger partial charge in [-0.1, -0.05) is 152 Å².